The zero-order chi connectivity index (χ0) is 21.1. The Morgan fingerprint density at radius 3 is 2.75 bits per heavy atom. The number of aromatic nitrogens is 2. The first-order valence-corrected chi connectivity index (χ1v) is 7.79. The molecule has 2 heterocycles. The molecule has 2 rings (SSSR count). The van der Waals surface area contributed by atoms with E-state index in [1.54, 1.807) is 6.07 Å². The average molecular weight is 396 g/mol. The van der Waals surface area contributed by atoms with Crippen molar-refractivity contribution in [1.82, 2.24) is 9.55 Å². The summed E-state index contributed by atoms with van der Waals surface area (Å²) < 4.78 is 10.6. The predicted octanol–water partition coefficient (Wildman–Crippen LogP) is -2.39. The second kappa shape index (κ2) is 7.94. The fraction of sp³-hybridized carbons (Fsp3) is 0.400. The molecule has 3 atom stereocenters. The highest BCUT2D eigenvalue weighted by Crippen LogP contribution is 2.36. The molecule has 13 nitrogen and oxygen atoms in total. The van der Waals surface area contributed by atoms with Crippen molar-refractivity contribution in [2.75, 3.05) is 6.61 Å². The molecule has 150 valence electrons. The van der Waals surface area contributed by atoms with E-state index in [1.165, 1.54) is 0 Å². The summed E-state index contributed by atoms with van der Waals surface area (Å²) in [5, 5.41) is 38.2. The Hall–Kier alpha value is -3.63. The van der Waals surface area contributed by atoms with Crippen LogP contribution in [0, 0.1) is 11.3 Å². The lowest BCUT2D eigenvalue weighted by Crippen LogP contribution is -2.49. The largest absolute Gasteiger partial charge is 0.506 e. The maximum absolute atomic E-state index is 11.9. The minimum atomic E-state index is -2.45. The van der Waals surface area contributed by atoms with E-state index < -0.39 is 59.2 Å². The molecule has 0 bridgehead atoms. The van der Waals surface area contributed by atoms with Crippen molar-refractivity contribution in [2.24, 2.45) is 5.73 Å². The molecular weight excluding hydrogens is 380 g/mol. The van der Waals surface area contributed by atoms with Gasteiger partial charge >= 0.3 is 23.4 Å². The Morgan fingerprint density at radius 1 is 1.50 bits per heavy atom. The van der Waals surface area contributed by atoms with Gasteiger partial charge < -0.3 is 30.5 Å². The first-order chi connectivity index (χ1) is 13.1. The number of nitrogens with one attached hydrogen (secondary N) is 1. The maximum atomic E-state index is 11.9. The van der Waals surface area contributed by atoms with Crippen molar-refractivity contribution in [2.45, 2.75) is 30.7 Å². The fourth-order valence-electron chi connectivity index (χ4n) is 2.38. The van der Waals surface area contributed by atoms with E-state index in [4.69, 9.17) is 20.3 Å². The lowest BCUT2D eigenvalue weighted by Gasteiger charge is -2.26. The molecule has 13 heteroatoms. The summed E-state index contributed by atoms with van der Waals surface area (Å²) in [6.45, 7) is -0.746. The van der Waals surface area contributed by atoms with Gasteiger partial charge in [-0.25, -0.2) is 9.36 Å². The van der Waals surface area contributed by atoms with Crippen LogP contribution in [-0.2, 0) is 24.8 Å². The topological polar surface area (TPSA) is 218 Å². The van der Waals surface area contributed by atoms with E-state index in [2.05, 4.69) is 0 Å². The Morgan fingerprint density at radius 2 is 2.18 bits per heavy atom. The number of carbonyl (C=O) groups is 2. The quantitative estimate of drug-likeness (QED) is 0.306. The van der Waals surface area contributed by atoms with Crippen molar-refractivity contribution in [1.29, 1.82) is 5.26 Å². The van der Waals surface area contributed by atoms with Crippen LogP contribution in [0.4, 0.5) is 0 Å². The summed E-state index contributed by atoms with van der Waals surface area (Å²) >= 11 is 0. The number of carboxylic acid groups (broad SMARTS) is 1. The third kappa shape index (κ3) is 3.87. The molecule has 28 heavy (non-hydrogen) atoms. The third-order valence-electron chi connectivity index (χ3n) is 3.85. The molecule has 1 aliphatic rings. The molecule has 0 fully saturated rings. The number of H-pyrrole nitrogens is 1. The summed E-state index contributed by atoms with van der Waals surface area (Å²) in [5.74, 6) is -3.55. The molecule has 1 aromatic heterocycles. The van der Waals surface area contributed by atoms with Crippen molar-refractivity contribution >= 4 is 11.9 Å². The van der Waals surface area contributed by atoms with Crippen LogP contribution in [0.3, 0.4) is 0 Å². The standard InChI is InChI=1S/C15H16N4O9/c16-6-15(19-4-3-9(20)18-14(19)26)12(24)11(23)8(28-15)5-27-13(25)7(17)1-2-10(21)22/h3-4,7,12,23-24H,1-2,5,17H2,(H,21,22)(H,18,20,26)/t7-,12?,15-/m1/s1. The number of esters is 1. The molecule has 1 aliphatic heterocycles. The molecule has 0 spiro atoms. The lowest BCUT2D eigenvalue weighted by molar-refractivity contribution is -0.147. The second-order valence-corrected chi connectivity index (χ2v) is 5.75. The molecule has 0 aliphatic carbocycles. The van der Waals surface area contributed by atoms with Crippen molar-refractivity contribution < 1.29 is 34.4 Å². The van der Waals surface area contributed by atoms with Crippen molar-refractivity contribution in [3.63, 3.8) is 0 Å². The third-order valence-corrected chi connectivity index (χ3v) is 3.85. The number of aromatic amines is 1. The number of aliphatic hydroxyl groups excluding tert-OH is 2. The summed E-state index contributed by atoms with van der Waals surface area (Å²) in [6.07, 6.45) is -1.71. The maximum Gasteiger partial charge on any atom is 0.332 e. The lowest BCUT2D eigenvalue weighted by atomic mass is 10.1. The second-order valence-electron chi connectivity index (χ2n) is 5.75. The molecular formula is C15H16N4O9. The number of nitriles is 1. The van der Waals surface area contributed by atoms with Gasteiger partial charge in [0.1, 0.15) is 12.1 Å². The van der Waals surface area contributed by atoms with E-state index in [1.807, 2.05) is 4.98 Å². The average Bonchev–Trinajstić information content (AvgIpc) is 2.89. The number of nitrogens with two attached hydrogens (primary N) is 1. The van der Waals surface area contributed by atoms with Gasteiger partial charge in [-0.05, 0) is 6.42 Å². The van der Waals surface area contributed by atoms with E-state index in [0.29, 0.717) is 4.57 Å². The summed E-state index contributed by atoms with van der Waals surface area (Å²) in [5.41, 5.74) is 1.18. The number of ether oxygens (including phenoxy) is 2. The van der Waals surface area contributed by atoms with Gasteiger partial charge in [-0.2, -0.15) is 5.26 Å². The molecule has 1 aromatic rings. The predicted molar refractivity (Wildman–Crippen MR) is 87.5 cm³/mol. The van der Waals surface area contributed by atoms with Crippen LogP contribution in [0.25, 0.3) is 0 Å². The number of rotatable bonds is 7. The van der Waals surface area contributed by atoms with Crippen LogP contribution < -0.4 is 17.0 Å². The summed E-state index contributed by atoms with van der Waals surface area (Å²) in [7, 11) is 0. The highest BCUT2D eigenvalue weighted by atomic mass is 16.6. The van der Waals surface area contributed by atoms with Gasteiger partial charge in [-0.1, -0.05) is 0 Å². The monoisotopic (exact) mass is 396 g/mol. The number of carbonyl (C=O) groups excluding carboxylic acids is 1. The van der Waals surface area contributed by atoms with Crippen molar-refractivity contribution in [3.8, 4) is 6.07 Å². The van der Waals surface area contributed by atoms with Crippen LogP contribution in [0.15, 0.2) is 33.4 Å². The van der Waals surface area contributed by atoms with Gasteiger partial charge in [0.2, 0.25) is 0 Å². The number of aliphatic hydroxyl groups is 2. The number of aliphatic carboxylic acids is 1. The van der Waals surface area contributed by atoms with Crippen molar-refractivity contribution in [3.05, 3.63) is 44.6 Å². The van der Waals surface area contributed by atoms with Crippen LogP contribution in [0.1, 0.15) is 12.8 Å². The zero-order valence-corrected chi connectivity index (χ0v) is 14.2. The highest BCUT2D eigenvalue weighted by Gasteiger charge is 2.53. The first kappa shape index (κ1) is 20.7. The van der Waals surface area contributed by atoms with E-state index in [-0.39, 0.29) is 12.8 Å². The molecule has 0 amide bonds. The Balaban J connectivity index is 2.17. The van der Waals surface area contributed by atoms with Gasteiger partial charge in [0, 0.05) is 18.7 Å². The van der Waals surface area contributed by atoms with Gasteiger partial charge in [0.15, 0.2) is 24.2 Å². The summed E-state index contributed by atoms with van der Waals surface area (Å²) in [6, 6.07) is 1.18. The molecule has 0 saturated carbocycles. The van der Waals surface area contributed by atoms with Crippen LogP contribution in [-0.4, -0.2) is 55.6 Å². The fourth-order valence-corrected chi connectivity index (χ4v) is 2.38. The van der Waals surface area contributed by atoms with Crippen LogP contribution in [0.5, 0.6) is 0 Å². The molecule has 6 N–H and O–H groups in total. The zero-order valence-electron chi connectivity index (χ0n) is 14.2. The molecule has 0 saturated heterocycles. The van der Waals surface area contributed by atoms with Gasteiger partial charge in [-0.15, -0.1) is 0 Å². The number of hydrogen-bond donors (Lipinski definition) is 5. The van der Waals surface area contributed by atoms with Gasteiger partial charge in [-0.3, -0.25) is 19.4 Å². The van der Waals surface area contributed by atoms with E-state index >= 15 is 0 Å². The molecule has 0 radical (unpaired) electrons. The smallest absolute Gasteiger partial charge is 0.332 e. The molecule has 0 aromatic carbocycles. The Kier molecular flexibility index (Phi) is 5.87. The minimum Gasteiger partial charge on any atom is -0.506 e. The minimum absolute atomic E-state index is 0.197. The van der Waals surface area contributed by atoms with Gasteiger partial charge in [0.05, 0.1) is 0 Å². The van der Waals surface area contributed by atoms with Gasteiger partial charge in [0.25, 0.3) is 5.56 Å². The van der Waals surface area contributed by atoms with E-state index in [9.17, 15) is 34.7 Å². The highest BCUT2D eigenvalue weighted by molar-refractivity contribution is 5.76. The Labute approximate surface area is 155 Å². The Bertz CT molecular complexity index is 973. The number of hydrogen-bond acceptors (Lipinski definition) is 10. The summed E-state index contributed by atoms with van der Waals surface area (Å²) in [4.78, 5) is 47.3. The first-order valence-electron chi connectivity index (χ1n) is 7.79. The number of carboxylic acids is 1. The molecule has 1 unspecified atom stereocenters. The normalized spacial score (nSPS) is 22.2. The van der Waals surface area contributed by atoms with E-state index in [0.717, 1.165) is 12.3 Å². The van der Waals surface area contributed by atoms with Crippen LogP contribution in [0.2, 0.25) is 0 Å². The van der Waals surface area contributed by atoms with Crippen LogP contribution >= 0.6 is 0 Å². The number of nitrogens with zero attached hydrogens (tertiary/aromatic N) is 2. The SMILES string of the molecule is N#C[C@@]1(n2ccc(=O)[nH]c2=O)OC(COC(=O)[C@H](N)CCC(=O)O)=C(O)C1O.